The molecule has 0 aromatic heterocycles. The molecule has 5 heteroatoms. The van der Waals surface area contributed by atoms with E-state index in [0.29, 0.717) is 0 Å². The number of ether oxygens (including phenoxy) is 1. The summed E-state index contributed by atoms with van der Waals surface area (Å²) < 4.78 is 5.78. The van der Waals surface area contributed by atoms with Gasteiger partial charge < -0.3 is 9.84 Å². The molecule has 1 saturated heterocycles. The SMILES string of the molecule is CCC1(C)CC(OC(=O)C(C)CC(=O)O)C(C)C(C)(CC)N1C. The van der Waals surface area contributed by atoms with E-state index in [1.165, 1.54) is 0 Å². The maximum Gasteiger partial charge on any atom is 0.309 e. The first-order chi connectivity index (χ1) is 10.5. The number of carbonyl (C=O) groups excluding carboxylic acids is 1. The first-order valence-corrected chi connectivity index (χ1v) is 8.68. The van der Waals surface area contributed by atoms with Crippen LogP contribution in [0.15, 0.2) is 0 Å². The van der Waals surface area contributed by atoms with Crippen LogP contribution in [0.1, 0.15) is 67.2 Å². The Morgan fingerprint density at radius 2 is 1.87 bits per heavy atom. The fourth-order valence-electron chi connectivity index (χ4n) is 3.76. The van der Waals surface area contributed by atoms with Gasteiger partial charge in [0.2, 0.25) is 0 Å². The number of carboxylic acid groups (broad SMARTS) is 1. The summed E-state index contributed by atoms with van der Waals surface area (Å²) in [6, 6.07) is 0. The average molecular weight is 327 g/mol. The van der Waals surface area contributed by atoms with Crippen LogP contribution in [-0.4, -0.2) is 46.2 Å². The number of esters is 1. The smallest absolute Gasteiger partial charge is 0.309 e. The second-order valence-electron chi connectivity index (χ2n) is 7.59. The molecular weight excluding hydrogens is 294 g/mol. The summed E-state index contributed by atoms with van der Waals surface area (Å²) in [6.07, 6.45) is 2.37. The van der Waals surface area contributed by atoms with E-state index in [1.54, 1.807) is 6.92 Å². The molecule has 1 heterocycles. The van der Waals surface area contributed by atoms with Crippen LogP contribution in [0.25, 0.3) is 0 Å². The normalized spacial score (nSPS) is 36.5. The lowest BCUT2D eigenvalue weighted by Gasteiger charge is -2.59. The first-order valence-electron chi connectivity index (χ1n) is 8.68. The van der Waals surface area contributed by atoms with Crippen molar-refractivity contribution in [1.29, 1.82) is 0 Å². The Morgan fingerprint density at radius 1 is 1.30 bits per heavy atom. The third-order valence-corrected chi connectivity index (χ3v) is 6.38. The van der Waals surface area contributed by atoms with E-state index in [2.05, 4.69) is 46.6 Å². The Kier molecular flexibility index (Phi) is 6.25. The van der Waals surface area contributed by atoms with Gasteiger partial charge in [-0.05, 0) is 33.7 Å². The van der Waals surface area contributed by atoms with Crippen LogP contribution in [0.5, 0.6) is 0 Å². The van der Waals surface area contributed by atoms with Gasteiger partial charge in [-0.25, -0.2) is 0 Å². The monoisotopic (exact) mass is 327 g/mol. The Balaban J connectivity index is 2.97. The van der Waals surface area contributed by atoms with E-state index in [0.717, 1.165) is 19.3 Å². The molecule has 5 atom stereocenters. The summed E-state index contributed by atoms with van der Waals surface area (Å²) in [5, 5.41) is 8.85. The molecule has 0 aromatic carbocycles. The molecule has 1 fully saturated rings. The number of carbonyl (C=O) groups is 2. The van der Waals surface area contributed by atoms with Crippen molar-refractivity contribution < 1.29 is 19.4 Å². The van der Waals surface area contributed by atoms with Gasteiger partial charge >= 0.3 is 11.9 Å². The fraction of sp³-hybridized carbons (Fsp3) is 0.889. The van der Waals surface area contributed by atoms with Crippen molar-refractivity contribution in [2.45, 2.75) is 84.4 Å². The lowest BCUT2D eigenvalue weighted by atomic mass is 9.68. The summed E-state index contributed by atoms with van der Waals surface area (Å²) in [4.78, 5) is 25.5. The molecule has 0 aromatic rings. The largest absolute Gasteiger partial charge is 0.481 e. The molecule has 1 N–H and O–H groups in total. The van der Waals surface area contributed by atoms with Crippen molar-refractivity contribution in [2.24, 2.45) is 11.8 Å². The van der Waals surface area contributed by atoms with Crippen molar-refractivity contribution >= 4 is 11.9 Å². The van der Waals surface area contributed by atoms with Crippen LogP contribution in [0.2, 0.25) is 0 Å². The highest BCUT2D eigenvalue weighted by Gasteiger charge is 2.52. The van der Waals surface area contributed by atoms with Crippen molar-refractivity contribution in [3.8, 4) is 0 Å². The highest BCUT2D eigenvalue weighted by molar-refractivity contribution is 5.78. The molecule has 0 bridgehead atoms. The molecule has 23 heavy (non-hydrogen) atoms. The number of carboxylic acids is 1. The number of rotatable bonds is 6. The summed E-state index contributed by atoms with van der Waals surface area (Å²) >= 11 is 0. The third-order valence-electron chi connectivity index (χ3n) is 6.38. The first kappa shape index (κ1) is 19.9. The predicted octanol–water partition coefficient (Wildman–Crippen LogP) is 3.32. The maximum atomic E-state index is 12.3. The van der Waals surface area contributed by atoms with Crippen LogP contribution in [0.4, 0.5) is 0 Å². The number of aliphatic carboxylic acids is 1. The zero-order valence-electron chi connectivity index (χ0n) is 15.7. The van der Waals surface area contributed by atoms with Crippen LogP contribution in [0.3, 0.4) is 0 Å². The Bertz CT molecular complexity index is 452. The predicted molar refractivity (Wildman–Crippen MR) is 90.2 cm³/mol. The molecular formula is C18H33NO4. The van der Waals surface area contributed by atoms with Gasteiger partial charge in [0.25, 0.3) is 0 Å². The zero-order chi connectivity index (χ0) is 18.0. The highest BCUT2D eigenvalue weighted by Crippen LogP contribution is 2.45. The molecule has 0 amide bonds. The lowest BCUT2D eigenvalue weighted by molar-refractivity contribution is -0.177. The van der Waals surface area contributed by atoms with Crippen LogP contribution in [0, 0.1) is 11.8 Å². The van der Waals surface area contributed by atoms with Gasteiger partial charge in [0.1, 0.15) is 6.10 Å². The molecule has 0 radical (unpaired) electrons. The van der Waals surface area contributed by atoms with Crippen molar-refractivity contribution in [1.82, 2.24) is 4.90 Å². The highest BCUT2D eigenvalue weighted by atomic mass is 16.5. The van der Waals surface area contributed by atoms with E-state index >= 15 is 0 Å². The second-order valence-corrected chi connectivity index (χ2v) is 7.59. The number of piperidine rings is 1. The minimum absolute atomic E-state index is 0.0295. The van der Waals surface area contributed by atoms with E-state index in [1.807, 2.05) is 0 Å². The second kappa shape index (κ2) is 7.20. The van der Waals surface area contributed by atoms with Crippen molar-refractivity contribution in [3.05, 3.63) is 0 Å². The molecule has 0 aliphatic carbocycles. The number of hydrogen-bond donors (Lipinski definition) is 1. The van der Waals surface area contributed by atoms with Gasteiger partial charge in [-0.15, -0.1) is 0 Å². The standard InChI is InChI=1S/C18H33NO4/c1-8-17(5)11-14(13(4)18(6,9-2)19(17)7)23-16(22)12(3)10-15(20)21/h12-14H,8-11H2,1-7H3,(H,20,21). The summed E-state index contributed by atoms with van der Waals surface area (Å²) in [5.74, 6) is -1.79. The quantitative estimate of drug-likeness (QED) is 0.758. The summed E-state index contributed by atoms with van der Waals surface area (Å²) in [6.45, 7) is 12.5. The molecule has 134 valence electrons. The van der Waals surface area contributed by atoms with Gasteiger partial charge in [-0.1, -0.05) is 27.7 Å². The van der Waals surface area contributed by atoms with Crippen molar-refractivity contribution in [3.63, 3.8) is 0 Å². The Morgan fingerprint density at radius 3 is 2.30 bits per heavy atom. The average Bonchev–Trinajstić information content (AvgIpc) is 2.49. The number of hydrogen-bond acceptors (Lipinski definition) is 4. The van der Waals surface area contributed by atoms with Gasteiger partial charge in [-0.3, -0.25) is 14.5 Å². The Hall–Kier alpha value is -1.10. The molecule has 1 aliphatic heterocycles. The maximum absolute atomic E-state index is 12.3. The third kappa shape index (κ3) is 3.87. The number of nitrogens with zero attached hydrogens (tertiary/aromatic N) is 1. The van der Waals surface area contributed by atoms with E-state index in [9.17, 15) is 9.59 Å². The molecule has 0 saturated carbocycles. The van der Waals surface area contributed by atoms with Crippen LogP contribution < -0.4 is 0 Å². The van der Waals surface area contributed by atoms with Gasteiger partial charge in [0.15, 0.2) is 0 Å². The number of likely N-dealkylation sites (tertiary alicyclic amines) is 1. The van der Waals surface area contributed by atoms with E-state index < -0.39 is 17.9 Å². The minimum atomic E-state index is -0.970. The molecule has 1 rings (SSSR count). The topological polar surface area (TPSA) is 66.8 Å². The van der Waals surface area contributed by atoms with Gasteiger partial charge in [0.05, 0.1) is 12.3 Å². The fourth-order valence-corrected chi connectivity index (χ4v) is 3.76. The Labute approximate surface area is 140 Å². The zero-order valence-corrected chi connectivity index (χ0v) is 15.7. The van der Waals surface area contributed by atoms with E-state index in [4.69, 9.17) is 9.84 Å². The lowest BCUT2D eigenvalue weighted by Crippen LogP contribution is -2.66. The van der Waals surface area contributed by atoms with Crippen molar-refractivity contribution in [2.75, 3.05) is 7.05 Å². The van der Waals surface area contributed by atoms with E-state index in [-0.39, 0.29) is 29.5 Å². The summed E-state index contributed by atoms with van der Waals surface area (Å²) in [5.41, 5.74) is -0.0811. The van der Waals surface area contributed by atoms with Crippen LogP contribution >= 0.6 is 0 Å². The van der Waals surface area contributed by atoms with Crippen LogP contribution in [-0.2, 0) is 14.3 Å². The van der Waals surface area contributed by atoms with Gasteiger partial charge in [-0.2, -0.15) is 0 Å². The molecule has 0 spiro atoms. The molecule has 5 nitrogen and oxygen atoms in total. The minimum Gasteiger partial charge on any atom is -0.481 e. The van der Waals surface area contributed by atoms with Gasteiger partial charge in [0, 0.05) is 23.4 Å². The summed E-state index contributed by atoms with van der Waals surface area (Å²) in [7, 11) is 2.16. The molecule has 1 aliphatic rings. The molecule has 5 unspecified atom stereocenters.